The van der Waals surface area contributed by atoms with Gasteiger partial charge in [-0.2, -0.15) is 0 Å². The van der Waals surface area contributed by atoms with E-state index in [-0.39, 0.29) is 24.9 Å². The summed E-state index contributed by atoms with van der Waals surface area (Å²) < 4.78 is 5.88. The molecule has 1 amide bonds. The van der Waals surface area contributed by atoms with E-state index < -0.39 is 18.2 Å². The summed E-state index contributed by atoms with van der Waals surface area (Å²) in [6.07, 6.45) is 58.9. The maximum atomic E-state index is 13.1. The number of carbonyl (C=O) groups excluding carboxylic acids is 2. The second-order valence-corrected chi connectivity index (χ2v) is 15.6. The van der Waals surface area contributed by atoms with E-state index in [0.29, 0.717) is 19.3 Å². The Morgan fingerprint density at radius 3 is 1.50 bits per heavy atom. The number of hydrogen-bond acceptors (Lipinski definition) is 5. The minimum absolute atomic E-state index is 0.0350. The first-order chi connectivity index (χ1) is 28.5. The zero-order valence-electron chi connectivity index (χ0n) is 37.4. The first-order valence-corrected chi connectivity index (χ1v) is 23.6. The topological polar surface area (TPSA) is 95.9 Å². The number of hydrogen-bond donors (Lipinski definition) is 3. The van der Waals surface area contributed by atoms with E-state index in [9.17, 15) is 19.8 Å². The van der Waals surface area contributed by atoms with Gasteiger partial charge >= 0.3 is 5.97 Å². The zero-order valence-corrected chi connectivity index (χ0v) is 37.4. The van der Waals surface area contributed by atoms with Crippen molar-refractivity contribution >= 4 is 11.9 Å². The summed E-state index contributed by atoms with van der Waals surface area (Å²) in [5, 5.41) is 23.6. The van der Waals surface area contributed by atoms with Crippen molar-refractivity contribution in [1.82, 2.24) is 5.32 Å². The van der Waals surface area contributed by atoms with Crippen LogP contribution in [0.1, 0.15) is 194 Å². The normalized spacial score (nSPS) is 14.2. The number of allylic oxidation sites excluding steroid dienone is 16. The maximum Gasteiger partial charge on any atom is 0.306 e. The smallest absolute Gasteiger partial charge is 0.306 e. The number of esters is 1. The molecule has 0 spiro atoms. The van der Waals surface area contributed by atoms with E-state index in [1.807, 2.05) is 36.5 Å². The van der Waals surface area contributed by atoms with Crippen LogP contribution in [0.2, 0.25) is 0 Å². The molecule has 0 aromatic carbocycles. The summed E-state index contributed by atoms with van der Waals surface area (Å²) >= 11 is 0. The van der Waals surface area contributed by atoms with Crippen LogP contribution in [0.5, 0.6) is 0 Å². The standard InChI is InChI=1S/C52H87NO5/c1-4-7-10-13-16-19-22-24-25-26-28-29-31-34-37-40-43-48(58-52(57)45-42-39-36-33-30-27-23-20-17-14-11-8-5-2)46-51(56)53-49(47-54)50(55)44-41-38-35-32-21-18-15-12-9-6-3/h8,10-11,13-14,16-17,19-20,22-26,28-29,48-50,54-55H,4-7,9,12,15,18,21,27,30-47H2,1-3H3,(H,53,56)/b11-8+,13-10+,17-14+,19-16+,23-20-,24-22+,26-25+,29-28+. The summed E-state index contributed by atoms with van der Waals surface area (Å²) in [6, 6.07) is -0.724. The van der Waals surface area contributed by atoms with Crippen molar-refractivity contribution in [3.8, 4) is 0 Å². The highest BCUT2D eigenvalue weighted by molar-refractivity contribution is 5.77. The Balaban J connectivity index is 4.78. The molecule has 0 saturated carbocycles. The zero-order chi connectivity index (χ0) is 42.4. The van der Waals surface area contributed by atoms with Crippen LogP contribution in [0, 0.1) is 0 Å². The number of aliphatic hydroxyl groups is 2. The maximum absolute atomic E-state index is 13.1. The lowest BCUT2D eigenvalue weighted by atomic mass is 10.0. The van der Waals surface area contributed by atoms with Gasteiger partial charge in [0.2, 0.25) is 5.91 Å². The van der Waals surface area contributed by atoms with E-state index in [4.69, 9.17) is 4.74 Å². The molecule has 58 heavy (non-hydrogen) atoms. The van der Waals surface area contributed by atoms with Gasteiger partial charge in [0.15, 0.2) is 0 Å². The van der Waals surface area contributed by atoms with Crippen molar-refractivity contribution in [2.45, 2.75) is 212 Å². The quantitative estimate of drug-likeness (QED) is 0.0326. The minimum atomic E-state index is -0.807. The summed E-state index contributed by atoms with van der Waals surface area (Å²) in [4.78, 5) is 26.0. The molecule has 3 N–H and O–H groups in total. The Morgan fingerprint density at radius 2 is 0.966 bits per heavy atom. The van der Waals surface area contributed by atoms with Gasteiger partial charge in [0.05, 0.1) is 25.2 Å². The van der Waals surface area contributed by atoms with Crippen LogP contribution < -0.4 is 5.32 Å². The van der Waals surface area contributed by atoms with E-state index in [1.54, 1.807) is 0 Å². The van der Waals surface area contributed by atoms with Gasteiger partial charge in [0, 0.05) is 6.42 Å². The Morgan fingerprint density at radius 1 is 0.517 bits per heavy atom. The molecule has 0 saturated heterocycles. The number of rotatable bonds is 40. The summed E-state index contributed by atoms with van der Waals surface area (Å²) in [7, 11) is 0. The van der Waals surface area contributed by atoms with Crippen LogP contribution >= 0.6 is 0 Å². The van der Waals surface area contributed by atoms with Crippen molar-refractivity contribution in [2.24, 2.45) is 0 Å². The number of unbranched alkanes of at least 4 members (excludes halogenated alkanes) is 18. The minimum Gasteiger partial charge on any atom is -0.462 e. The molecule has 3 atom stereocenters. The summed E-state index contributed by atoms with van der Waals surface area (Å²) in [5.41, 5.74) is 0. The van der Waals surface area contributed by atoms with Crippen LogP contribution in [-0.4, -0.2) is 46.9 Å². The number of ether oxygens (including phenoxy) is 1. The van der Waals surface area contributed by atoms with Crippen LogP contribution in [0.15, 0.2) is 97.2 Å². The lowest BCUT2D eigenvalue weighted by Crippen LogP contribution is -2.46. The summed E-state index contributed by atoms with van der Waals surface area (Å²) in [6.45, 7) is 6.21. The van der Waals surface area contributed by atoms with Crippen molar-refractivity contribution in [1.29, 1.82) is 0 Å². The molecule has 0 aromatic heterocycles. The molecule has 0 aromatic rings. The van der Waals surface area contributed by atoms with Crippen LogP contribution in [0.4, 0.5) is 0 Å². The molecular formula is C52H87NO5. The number of carbonyl (C=O) groups is 2. The van der Waals surface area contributed by atoms with Gasteiger partial charge in [-0.05, 0) is 64.2 Å². The van der Waals surface area contributed by atoms with E-state index in [1.165, 1.54) is 51.4 Å². The Hall–Kier alpha value is -3.22. The van der Waals surface area contributed by atoms with E-state index in [0.717, 1.165) is 96.3 Å². The fraction of sp³-hybridized carbons (Fsp3) is 0.654. The van der Waals surface area contributed by atoms with E-state index >= 15 is 0 Å². The van der Waals surface area contributed by atoms with Crippen LogP contribution in [0.25, 0.3) is 0 Å². The highest BCUT2D eigenvalue weighted by Gasteiger charge is 2.24. The lowest BCUT2D eigenvalue weighted by Gasteiger charge is -2.24. The van der Waals surface area contributed by atoms with Gasteiger partial charge in [-0.25, -0.2) is 0 Å². The number of aliphatic hydroxyl groups excluding tert-OH is 2. The van der Waals surface area contributed by atoms with Crippen molar-refractivity contribution in [3.05, 3.63) is 97.2 Å². The molecule has 0 heterocycles. The first kappa shape index (κ1) is 54.8. The SMILES string of the molecule is CC/C=C/C=C/C=C\CCCCCCCC(=O)OC(CCCCC/C=C/C=C/C=C/C=C/C=C/CCC)CC(=O)NC(CO)C(O)CCCCCCCCCCCC. The third-order valence-corrected chi connectivity index (χ3v) is 10.1. The molecule has 0 aliphatic carbocycles. The fourth-order valence-corrected chi connectivity index (χ4v) is 6.52. The second-order valence-electron chi connectivity index (χ2n) is 15.6. The van der Waals surface area contributed by atoms with Gasteiger partial charge in [-0.1, -0.05) is 214 Å². The molecule has 330 valence electrons. The van der Waals surface area contributed by atoms with Gasteiger partial charge in [-0.15, -0.1) is 0 Å². The summed E-state index contributed by atoms with van der Waals surface area (Å²) in [5.74, 6) is -0.551. The fourth-order valence-electron chi connectivity index (χ4n) is 6.52. The average molecular weight is 806 g/mol. The third-order valence-electron chi connectivity index (χ3n) is 10.1. The monoisotopic (exact) mass is 806 g/mol. The van der Waals surface area contributed by atoms with Gasteiger partial charge in [-0.3, -0.25) is 9.59 Å². The largest absolute Gasteiger partial charge is 0.462 e. The van der Waals surface area contributed by atoms with Crippen LogP contribution in [0.3, 0.4) is 0 Å². The molecule has 0 radical (unpaired) electrons. The van der Waals surface area contributed by atoms with Gasteiger partial charge < -0.3 is 20.3 Å². The Labute approximate surface area is 356 Å². The molecule has 0 fully saturated rings. The highest BCUT2D eigenvalue weighted by Crippen LogP contribution is 2.17. The van der Waals surface area contributed by atoms with Gasteiger partial charge in [0.25, 0.3) is 0 Å². The Bertz CT molecular complexity index is 1180. The first-order valence-electron chi connectivity index (χ1n) is 23.6. The molecule has 0 aliphatic heterocycles. The number of nitrogens with one attached hydrogen (secondary N) is 1. The van der Waals surface area contributed by atoms with Crippen molar-refractivity contribution < 1.29 is 24.5 Å². The Kier molecular flexibility index (Phi) is 42.4. The second kappa shape index (κ2) is 44.9. The van der Waals surface area contributed by atoms with Crippen molar-refractivity contribution in [2.75, 3.05) is 6.61 Å². The highest BCUT2D eigenvalue weighted by atomic mass is 16.5. The predicted octanol–water partition coefficient (Wildman–Crippen LogP) is 13.8. The molecule has 6 heteroatoms. The van der Waals surface area contributed by atoms with Gasteiger partial charge in [0.1, 0.15) is 6.10 Å². The van der Waals surface area contributed by atoms with Crippen LogP contribution in [-0.2, 0) is 14.3 Å². The molecule has 3 unspecified atom stereocenters. The van der Waals surface area contributed by atoms with E-state index in [2.05, 4.69) is 86.8 Å². The lowest BCUT2D eigenvalue weighted by molar-refractivity contribution is -0.151. The molecule has 0 bridgehead atoms. The third kappa shape index (κ3) is 39.6. The molecule has 6 nitrogen and oxygen atoms in total. The number of amides is 1. The molecule has 0 aliphatic rings. The predicted molar refractivity (Wildman–Crippen MR) is 250 cm³/mol. The average Bonchev–Trinajstić information content (AvgIpc) is 3.22. The van der Waals surface area contributed by atoms with Crippen molar-refractivity contribution in [3.63, 3.8) is 0 Å². The molecule has 0 rings (SSSR count). The molecular weight excluding hydrogens is 719 g/mol.